The highest BCUT2D eigenvalue weighted by Crippen LogP contribution is 2.18. The van der Waals surface area contributed by atoms with E-state index in [2.05, 4.69) is 9.15 Å². The molecule has 0 spiro atoms. The Balaban J connectivity index is 2.59. The first kappa shape index (κ1) is 8.77. The third-order valence-electron chi connectivity index (χ3n) is 1.29. The summed E-state index contributed by atoms with van der Waals surface area (Å²) >= 11 is 0. The van der Waals surface area contributed by atoms with Crippen molar-refractivity contribution in [3.05, 3.63) is 24.2 Å². The van der Waals surface area contributed by atoms with Gasteiger partial charge >= 0.3 is 5.97 Å². The van der Waals surface area contributed by atoms with Gasteiger partial charge in [0.25, 0.3) is 6.17 Å². The molecule has 1 heterocycles. The van der Waals surface area contributed by atoms with Crippen molar-refractivity contribution in [1.29, 1.82) is 0 Å². The molecule has 0 bridgehead atoms. The van der Waals surface area contributed by atoms with Crippen LogP contribution in [-0.4, -0.2) is 12.6 Å². The summed E-state index contributed by atoms with van der Waals surface area (Å²) in [6, 6.07) is 2.91. The number of ether oxygens (including phenoxy) is 1. The van der Waals surface area contributed by atoms with Crippen molar-refractivity contribution in [2.45, 2.75) is 13.1 Å². The maximum atomic E-state index is 13.0. The van der Waals surface area contributed by atoms with Crippen molar-refractivity contribution in [2.24, 2.45) is 0 Å². The Morgan fingerprint density at radius 3 is 3.08 bits per heavy atom. The van der Waals surface area contributed by atoms with Gasteiger partial charge in [-0.25, -0.2) is 9.18 Å². The number of rotatable bonds is 3. The van der Waals surface area contributed by atoms with Gasteiger partial charge in [0, 0.05) is 0 Å². The second-order valence-corrected chi connectivity index (χ2v) is 2.13. The summed E-state index contributed by atoms with van der Waals surface area (Å²) in [4.78, 5) is 10.8. The fourth-order valence-corrected chi connectivity index (χ4v) is 0.767. The van der Waals surface area contributed by atoms with Crippen LogP contribution in [0.2, 0.25) is 0 Å². The van der Waals surface area contributed by atoms with Crippen LogP contribution < -0.4 is 0 Å². The van der Waals surface area contributed by atoms with Gasteiger partial charge in [0.1, 0.15) is 5.76 Å². The molecule has 0 aromatic carbocycles. The monoisotopic (exact) mass is 172 g/mol. The van der Waals surface area contributed by atoms with Crippen molar-refractivity contribution in [1.82, 2.24) is 0 Å². The van der Waals surface area contributed by atoms with Crippen LogP contribution >= 0.6 is 0 Å². The largest absolute Gasteiger partial charge is 0.466 e. The van der Waals surface area contributed by atoms with Gasteiger partial charge in [-0.3, -0.25) is 0 Å². The molecule has 1 aromatic heterocycles. The molecule has 0 N–H and O–H groups in total. The summed E-state index contributed by atoms with van der Waals surface area (Å²) in [5.41, 5.74) is 0. The van der Waals surface area contributed by atoms with Crippen molar-refractivity contribution >= 4 is 5.97 Å². The fourth-order valence-electron chi connectivity index (χ4n) is 0.767. The number of furan rings is 1. The van der Waals surface area contributed by atoms with Crippen molar-refractivity contribution < 1.29 is 18.3 Å². The molecule has 1 unspecified atom stereocenters. The van der Waals surface area contributed by atoms with Gasteiger partial charge in [-0.1, -0.05) is 0 Å². The number of hydrogen-bond donors (Lipinski definition) is 0. The molecule has 0 amide bonds. The maximum Gasteiger partial charge on any atom is 0.348 e. The lowest BCUT2D eigenvalue weighted by atomic mass is 10.3. The van der Waals surface area contributed by atoms with E-state index in [1.54, 1.807) is 6.92 Å². The summed E-state index contributed by atoms with van der Waals surface area (Å²) in [6.45, 7) is 1.78. The molecule has 12 heavy (non-hydrogen) atoms. The minimum absolute atomic E-state index is 0.0200. The minimum Gasteiger partial charge on any atom is -0.466 e. The molecule has 0 saturated carbocycles. The van der Waals surface area contributed by atoms with E-state index in [1.165, 1.54) is 18.4 Å². The molecule has 0 aliphatic carbocycles. The average Bonchev–Trinajstić information content (AvgIpc) is 2.55. The second-order valence-electron chi connectivity index (χ2n) is 2.13. The molecule has 3 nitrogen and oxygen atoms in total. The summed E-state index contributed by atoms with van der Waals surface area (Å²) in [5, 5.41) is 0. The number of hydrogen-bond acceptors (Lipinski definition) is 3. The standard InChI is InChI=1S/C8H9FO3/c1-2-11-8(10)7(9)6-4-3-5-12-6/h3-5,7H,2H2,1H3. The van der Waals surface area contributed by atoms with E-state index in [9.17, 15) is 9.18 Å². The lowest BCUT2D eigenvalue weighted by Crippen LogP contribution is -2.11. The Hall–Kier alpha value is -1.32. The Morgan fingerprint density at radius 1 is 1.83 bits per heavy atom. The summed E-state index contributed by atoms with van der Waals surface area (Å²) in [5.74, 6) is -0.930. The van der Waals surface area contributed by atoms with Crippen LogP contribution in [0.25, 0.3) is 0 Å². The van der Waals surface area contributed by atoms with Crippen LogP contribution in [0.1, 0.15) is 18.9 Å². The Morgan fingerprint density at radius 2 is 2.58 bits per heavy atom. The Kier molecular flexibility index (Phi) is 2.85. The summed E-state index contributed by atoms with van der Waals surface area (Å²) in [6.07, 6.45) is -0.499. The van der Waals surface area contributed by atoms with Crippen LogP contribution in [0.5, 0.6) is 0 Å². The highest BCUT2D eigenvalue weighted by Gasteiger charge is 2.23. The van der Waals surface area contributed by atoms with E-state index in [0.717, 1.165) is 0 Å². The van der Waals surface area contributed by atoms with Crippen LogP contribution in [0.3, 0.4) is 0 Å². The molecule has 0 radical (unpaired) electrons. The molecule has 4 heteroatoms. The lowest BCUT2D eigenvalue weighted by molar-refractivity contribution is -0.150. The van der Waals surface area contributed by atoms with E-state index in [4.69, 9.17) is 0 Å². The number of carbonyl (C=O) groups is 1. The van der Waals surface area contributed by atoms with E-state index in [-0.39, 0.29) is 12.4 Å². The molecule has 1 rings (SSSR count). The van der Waals surface area contributed by atoms with Crippen molar-refractivity contribution in [2.75, 3.05) is 6.61 Å². The fraction of sp³-hybridized carbons (Fsp3) is 0.375. The first-order chi connectivity index (χ1) is 5.75. The topological polar surface area (TPSA) is 39.4 Å². The van der Waals surface area contributed by atoms with Gasteiger partial charge in [0.05, 0.1) is 12.9 Å². The third-order valence-corrected chi connectivity index (χ3v) is 1.29. The quantitative estimate of drug-likeness (QED) is 0.653. The summed E-state index contributed by atoms with van der Waals surface area (Å²) in [7, 11) is 0. The van der Waals surface area contributed by atoms with Gasteiger partial charge in [0.2, 0.25) is 0 Å². The zero-order chi connectivity index (χ0) is 8.97. The molecule has 0 aliphatic heterocycles. The molecule has 0 saturated heterocycles. The number of carbonyl (C=O) groups excluding carboxylic acids is 1. The van der Waals surface area contributed by atoms with Gasteiger partial charge in [-0.05, 0) is 19.1 Å². The highest BCUT2D eigenvalue weighted by molar-refractivity contribution is 5.75. The van der Waals surface area contributed by atoms with E-state index < -0.39 is 12.1 Å². The minimum atomic E-state index is -1.81. The van der Waals surface area contributed by atoms with Gasteiger partial charge in [-0.2, -0.15) is 0 Å². The maximum absolute atomic E-state index is 13.0. The normalized spacial score (nSPS) is 12.5. The van der Waals surface area contributed by atoms with E-state index in [1.807, 2.05) is 0 Å². The van der Waals surface area contributed by atoms with E-state index >= 15 is 0 Å². The first-order valence-corrected chi connectivity index (χ1v) is 3.59. The van der Waals surface area contributed by atoms with Gasteiger partial charge in [-0.15, -0.1) is 0 Å². The zero-order valence-electron chi connectivity index (χ0n) is 6.62. The van der Waals surface area contributed by atoms with Crippen molar-refractivity contribution in [3.8, 4) is 0 Å². The molecule has 1 atom stereocenters. The number of halogens is 1. The number of esters is 1. The van der Waals surface area contributed by atoms with Crippen LogP contribution in [0, 0.1) is 0 Å². The predicted molar refractivity (Wildman–Crippen MR) is 39.2 cm³/mol. The molecular weight excluding hydrogens is 163 g/mol. The zero-order valence-corrected chi connectivity index (χ0v) is 6.62. The van der Waals surface area contributed by atoms with Crippen LogP contribution in [0.4, 0.5) is 4.39 Å². The predicted octanol–water partition coefficient (Wildman–Crippen LogP) is 1.85. The molecule has 1 aromatic rings. The van der Waals surface area contributed by atoms with Crippen LogP contribution in [0.15, 0.2) is 22.8 Å². The lowest BCUT2D eigenvalue weighted by Gasteiger charge is -2.03. The van der Waals surface area contributed by atoms with Gasteiger partial charge < -0.3 is 9.15 Å². The van der Waals surface area contributed by atoms with Gasteiger partial charge in [0.15, 0.2) is 0 Å². The smallest absolute Gasteiger partial charge is 0.348 e. The number of alkyl halides is 1. The van der Waals surface area contributed by atoms with Crippen LogP contribution in [-0.2, 0) is 9.53 Å². The van der Waals surface area contributed by atoms with E-state index in [0.29, 0.717) is 0 Å². The summed E-state index contributed by atoms with van der Waals surface area (Å²) < 4.78 is 22.1. The second kappa shape index (κ2) is 3.90. The van der Waals surface area contributed by atoms with Crippen molar-refractivity contribution in [3.63, 3.8) is 0 Å². The molecule has 0 aliphatic rings. The third kappa shape index (κ3) is 1.84. The Bertz CT molecular complexity index is 243. The average molecular weight is 172 g/mol. The Labute approximate surface area is 69.1 Å². The first-order valence-electron chi connectivity index (χ1n) is 3.59. The molecule has 66 valence electrons. The SMILES string of the molecule is CCOC(=O)C(F)c1ccco1. The highest BCUT2D eigenvalue weighted by atomic mass is 19.1. The molecular formula is C8H9FO3. The molecule has 0 fully saturated rings.